The van der Waals surface area contributed by atoms with Crippen LogP contribution in [-0.4, -0.2) is 24.1 Å². The minimum absolute atomic E-state index is 0.116. The van der Waals surface area contributed by atoms with Crippen molar-refractivity contribution in [1.82, 2.24) is 10.3 Å². The summed E-state index contributed by atoms with van der Waals surface area (Å²) in [5.74, 6) is 1.59. The average Bonchev–Trinajstić information content (AvgIpc) is 2.59. The Morgan fingerprint density at radius 1 is 1.12 bits per heavy atom. The molecule has 1 aliphatic heterocycles. The van der Waals surface area contributed by atoms with E-state index in [9.17, 15) is 4.79 Å². The Balaban J connectivity index is 1.82. The number of nitrogens with one attached hydrogen (secondary N) is 1. The van der Waals surface area contributed by atoms with E-state index in [1.807, 2.05) is 31.2 Å². The third-order valence-electron chi connectivity index (χ3n) is 4.05. The molecular weight excluding hydrogens is 304 g/mol. The summed E-state index contributed by atoms with van der Waals surface area (Å²) >= 11 is 0. The minimum Gasteiger partial charge on any atom is -0.486 e. The van der Waals surface area contributed by atoms with Crippen LogP contribution >= 0.6 is 0 Å². The summed E-state index contributed by atoms with van der Waals surface area (Å²) in [6, 6.07) is 9.34. The molecule has 24 heavy (non-hydrogen) atoms. The first-order valence-corrected chi connectivity index (χ1v) is 8.17. The van der Waals surface area contributed by atoms with Gasteiger partial charge >= 0.3 is 0 Å². The fourth-order valence-electron chi connectivity index (χ4n) is 2.71. The molecular formula is C19H22N2O3. The molecule has 3 rings (SSSR count). The van der Waals surface area contributed by atoms with Crippen LogP contribution in [0.15, 0.2) is 36.5 Å². The van der Waals surface area contributed by atoms with Crippen molar-refractivity contribution in [2.75, 3.05) is 13.2 Å². The largest absolute Gasteiger partial charge is 0.486 e. The summed E-state index contributed by atoms with van der Waals surface area (Å²) in [6.07, 6.45) is 1.60. The van der Waals surface area contributed by atoms with E-state index in [0.717, 1.165) is 22.8 Å². The van der Waals surface area contributed by atoms with E-state index in [4.69, 9.17) is 9.47 Å². The molecule has 1 aromatic carbocycles. The van der Waals surface area contributed by atoms with Gasteiger partial charge in [-0.05, 0) is 42.7 Å². The van der Waals surface area contributed by atoms with Crippen molar-refractivity contribution >= 4 is 5.91 Å². The maximum atomic E-state index is 12.5. The average molecular weight is 326 g/mol. The number of hydrogen-bond donors (Lipinski definition) is 1. The summed E-state index contributed by atoms with van der Waals surface area (Å²) < 4.78 is 11.2. The molecule has 1 amide bonds. The highest BCUT2D eigenvalue weighted by Crippen LogP contribution is 2.34. The second-order valence-corrected chi connectivity index (χ2v) is 6.29. The molecule has 1 aromatic heterocycles. The zero-order valence-corrected chi connectivity index (χ0v) is 14.2. The summed E-state index contributed by atoms with van der Waals surface area (Å²) in [5, 5.41) is 3.10. The van der Waals surface area contributed by atoms with Gasteiger partial charge in [0.1, 0.15) is 13.2 Å². The van der Waals surface area contributed by atoms with E-state index < -0.39 is 0 Å². The second-order valence-electron chi connectivity index (χ2n) is 6.29. The lowest BCUT2D eigenvalue weighted by Crippen LogP contribution is -2.32. The number of carbonyl (C=O) groups excluding carboxylic acids is 1. The molecule has 2 aromatic rings. The maximum absolute atomic E-state index is 12.5. The molecule has 0 aliphatic carbocycles. The van der Waals surface area contributed by atoms with Gasteiger partial charge in [-0.15, -0.1) is 0 Å². The smallest absolute Gasteiger partial charge is 0.253 e. The first kappa shape index (κ1) is 16.3. The topological polar surface area (TPSA) is 60.5 Å². The maximum Gasteiger partial charge on any atom is 0.253 e. The van der Waals surface area contributed by atoms with Crippen molar-refractivity contribution in [3.63, 3.8) is 0 Å². The van der Waals surface area contributed by atoms with Gasteiger partial charge in [-0.2, -0.15) is 0 Å². The monoisotopic (exact) mass is 326 g/mol. The Morgan fingerprint density at radius 2 is 1.88 bits per heavy atom. The van der Waals surface area contributed by atoms with Crippen molar-refractivity contribution < 1.29 is 14.3 Å². The molecule has 0 bridgehead atoms. The molecule has 0 unspecified atom stereocenters. The number of benzene rings is 1. The van der Waals surface area contributed by atoms with Crippen molar-refractivity contribution in [2.24, 2.45) is 5.92 Å². The van der Waals surface area contributed by atoms with E-state index in [1.54, 1.807) is 12.3 Å². The predicted molar refractivity (Wildman–Crippen MR) is 91.5 cm³/mol. The van der Waals surface area contributed by atoms with Gasteiger partial charge in [-0.25, -0.2) is 0 Å². The van der Waals surface area contributed by atoms with Gasteiger partial charge in [0.05, 0.1) is 11.6 Å². The van der Waals surface area contributed by atoms with Gasteiger partial charge in [0.25, 0.3) is 5.91 Å². The number of rotatable bonds is 4. The Kier molecular flexibility index (Phi) is 4.69. The lowest BCUT2D eigenvalue weighted by atomic mass is 9.95. The van der Waals surface area contributed by atoms with Crippen LogP contribution in [0.25, 0.3) is 0 Å². The van der Waals surface area contributed by atoms with Gasteiger partial charge in [-0.3, -0.25) is 9.78 Å². The first-order chi connectivity index (χ1) is 11.5. The van der Waals surface area contributed by atoms with Crippen LogP contribution in [0.3, 0.4) is 0 Å². The van der Waals surface area contributed by atoms with Gasteiger partial charge in [0.15, 0.2) is 11.5 Å². The summed E-state index contributed by atoms with van der Waals surface area (Å²) in [5.41, 5.74) is 2.45. The normalized spacial score (nSPS) is 14.3. The highest BCUT2D eigenvalue weighted by molar-refractivity contribution is 5.94. The molecule has 0 spiro atoms. The van der Waals surface area contributed by atoms with Crippen molar-refractivity contribution in [3.8, 4) is 11.5 Å². The molecule has 1 N–H and O–H groups in total. The van der Waals surface area contributed by atoms with Crippen LogP contribution in [-0.2, 0) is 0 Å². The molecule has 0 fully saturated rings. The molecule has 0 saturated carbocycles. The van der Waals surface area contributed by atoms with Crippen LogP contribution < -0.4 is 14.8 Å². The number of pyridine rings is 1. The Hall–Kier alpha value is -2.56. The van der Waals surface area contributed by atoms with Crippen molar-refractivity contribution in [2.45, 2.75) is 26.8 Å². The number of hydrogen-bond acceptors (Lipinski definition) is 4. The van der Waals surface area contributed by atoms with Crippen molar-refractivity contribution in [1.29, 1.82) is 0 Å². The number of nitrogens with zero attached hydrogens (tertiary/aromatic N) is 1. The molecule has 5 nitrogen and oxygen atoms in total. The third kappa shape index (κ3) is 3.50. The molecule has 126 valence electrons. The molecule has 0 radical (unpaired) electrons. The van der Waals surface area contributed by atoms with Crippen LogP contribution in [0.1, 0.15) is 41.5 Å². The highest BCUT2D eigenvalue weighted by Gasteiger charge is 2.22. The SMILES string of the molecule is Cc1ccc(C(=O)N[C@H](c2ccc3c(c2)OCCO3)C(C)C)cn1. The summed E-state index contributed by atoms with van der Waals surface area (Å²) in [6.45, 7) is 7.17. The Morgan fingerprint density at radius 3 is 2.54 bits per heavy atom. The van der Waals surface area contributed by atoms with Crippen LogP contribution in [0.4, 0.5) is 0 Å². The number of fused-ring (bicyclic) bond motifs is 1. The lowest BCUT2D eigenvalue weighted by molar-refractivity contribution is 0.0925. The van der Waals surface area contributed by atoms with E-state index in [0.29, 0.717) is 18.8 Å². The number of amides is 1. The van der Waals surface area contributed by atoms with Gasteiger partial charge in [-0.1, -0.05) is 19.9 Å². The summed E-state index contributed by atoms with van der Waals surface area (Å²) in [4.78, 5) is 16.7. The predicted octanol–water partition coefficient (Wildman–Crippen LogP) is 3.29. The number of aromatic nitrogens is 1. The van der Waals surface area contributed by atoms with E-state index in [2.05, 4.69) is 24.1 Å². The Labute approximate surface area is 142 Å². The van der Waals surface area contributed by atoms with Crippen molar-refractivity contribution in [3.05, 3.63) is 53.3 Å². The number of ether oxygens (including phenoxy) is 2. The summed E-state index contributed by atoms with van der Waals surface area (Å²) in [7, 11) is 0. The van der Waals surface area contributed by atoms with Crippen LogP contribution in [0, 0.1) is 12.8 Å². The van der Waals surface area contributed by atoms with E-state index in [-0.39, 0.29) is 17.9 Å². The van der Waals surface area contributed by atoms with Gasteiger partial charge in [0.2, 0.25) is 0 Å². The quantitative estimate of drug-likeness (QED) is 0.936. The number of aryl methyl sites for hydroxylation is 1. The molecule has 5 heteroatoms. The zero-order valence-electron chi connectivity index (χ0n) is 14.2. The fourth-order valence-corrected chi connectivity index (χ4v) is 2.71. The standard InChI is InChI=1S/C19H22N2O3/c1-12(2)18(21-19(22)15-5-4-13(3)20-11-15)14-6-7-16-17(10-14)24-9-8-23-16/h4-7,10-12,18H,8-9H2,1-3H3,(H,21,22)/t18-/m0/s1. The third-order valence-corrected chi connectivity index (χ3v) is 4.05. The van der Waals surface area contributed by atoms with Crippen LogP contribution in [0.5, 0.6) is 11.5 Å². The molecule has 1 atom stereocenters. The number of carbonyl (C=O) groups is 1. The van der Waals surface area contributed by atoms with Gasteiger partial charge in [0, 0.05) is 11.9 Å². The zero-order chi connectivity index (χ0) is 17.1. The molecule has 1 aliphatic rings. The minimum atomic E-state index is -0.129. The van der Waals surface area contributed by atoms with E-state index >= 15 is 0 Å². The highest BCUT2D eigenvalue weighted by atomic mass is 16.6. The van der Waals surface area contributed by atoms with Gasteiger partial charge < -0.3 is 14.8 Å². The second kappa shape index (κ2) is 6.91. The van der Waals surface area contributed by atoms with E-state index in [1.165, 1.54) is 0 Å². The molecule has 0 saturated heterocycles. The van der Waals surface area contributed by atoms with Crippen LogP contribution in [0.2, 0.25) is 0 Å². The lowest BCUT2D eigenvalue weighted by Gasteiger charge is -2.25. The molecule has 2 heterocycles. The first-order valence-electron chi connectivity index (χ1n) is 8.17. The Bertz CT molecular complexity index is 726. The fraction of sp³-hybridized carbons (Fsp3) is 0.368.